The van der Waals surface area contributed by atoms with Crippen molar-refractivity contribution in [2.45, 2.75) is 25.3 Å². The number of benzene rings is 1. The van der Waals surface area contributed by atoms with Crippen LogP contribution in [0.15, 0.2) is 42.6 Å². The van der Waals surface area contributed by atoms with Gasteiger partial charge in [0, 0.05) is 12.7 Å². The molecule has 0 spiro atoms. The lowest BCUT2D eigenvalue weighted by atomic mass is 10.0. The molecule has 0 aliphatic carbocycles. The van der Waals surface area contributed by atoms with E-state index in [4.69, 9.17) is 16.3 Å². The van der Waals surface area contributed by atoms with Crippen molar-refractivity contribution in [3.63, 3.8) is 0 Å². The first kappa shape index (κ1) is 18.7. The Labute approximate surface area is 159 Å². The molecule has 1 aliphatic heterocycles. The molecule has 3 rings (SSSR count). The molecule has 1 saturated heterocycles. The Kier molecular flexibility index (Phi) is 6.47. The smallest absolute Gasteiger partial charge is 0.252 e. The van der Waals surface area contributed by atoms with Crippen LogP contribution >= 0.6 is 11.6 Å². The number of piperidine rings is 1. The molecule has 138 valence electrons. The normalized spacial score (nSPS) is 16.1. The fourth-order valence-electron chi connectivity index (χ4n) is 3.32. The van der Waals surface area contributed by atoms with Gasteiger partial charge >= 0.3 is 0 Å². The monoisotopic (exact) mass is 373 g/mol. The lowest BCUT2D eigenvalue weighted by molar-refractivity contribution is 0.0924. The maximum absolute atomic E-state index is 12.4. The van der Waals surface area contributed by atoms with Crippen LogP contribution < -0.4 is 10.1 Å². The number of carbonyl (C=O) groups excluding carboxylic acids is 1. The second-order valence-corrected chi connectivity index (χ2v) is 6.85. The first-order valence-corrected chi connectivity index (χ1v) is 9.33. The highest BCUT2D eigenvalue weighted by Crippen LogP contribution is 2.26. The molecule has 26 heavy (non-hydrogen) atoms. The fourth-order valence-corrected chi connectivity index (χ4v) is 3.43. The summed E-state index contributed by atoms with van der Waals surface area (Å²) in [7, 11) is 1.66. The number of pyridine rings is 1. The zero-order valence-corrected chi connectivity index (χ0v) is 15.7. The number of nitrogens with zero attached hydrogens (tertiary/aromatic N) is 2. The van der Waals surface area contributed by atoms with Crippen LogP contribution in [0.3, 0.4) is 0 Å². The Bertz CT molecular complexity index is 713. The average Bonchev–Trinajstić information content (AvgIpc) is 2.70. The van der Waals surface area contributed by atoms with E-state index in [9.17, 15) is 4.79 Å². The number of ether oxygens (including phenoxy) is 1. The first-order chi connectivity index (χ1) is 12.7. The number of nitrogens with one attached hydrogen (secondary N) is 1. The molecule has 5 nitrogen and oxygen atoms in total. The van der Waals surface area contributed by atoms with Crippen molar-refractivity contribution in [3.8, 4) is 5.75 Å². The van der Waals surface area contributed by atoms with Crippen LogP contribution in [0.1, 0.15) is 41.2 Å². The van der Waals surface area contributed by atoms with Gasteiger partial charge in [-0.25, -0.2) is 4.98 Å². The highest BCUT2D eigenvalue weighted by Gasteiger charge is 2.23. The van der Waals surface area contributed by atoms with Gasteiger partial charge < -0.3 is 10.1 Å². The topological polar surface area (TPSA) is 54.5 Å². The molecule has 1 aromatic carbocycles. The van der Waals surface area contributed by atoms with Crippen LogP contribution in [0.2, 0.25) is 5.15 Å². The van der Waals surface area contributed by atoms with E-state index < -0.39 is 0 Å². The van der Waals surface area contributed by atoms with Crippen LogP contribution in [0.4, 0.5) is 0 Å². The van der Waals surface area contributed by atoms with Crippen LogP contribution in [-0.4, -0.2) is 42.5 Å². The minimum absolute atomic E-state index is 0.135. The molecule has 1 amide bonds. The zero-order valence-electron chi connectivity index (χ0n) is 15.0. The number of aromatic nitrogens is 1. The van der Waals surface area contributed by atoms with Crippen molar-refractivity contribution >= 4 is 17.5 Å². The number of rotatable bonds is 6. The summed E-state index contributed by atoms with van der Waals surface area (Å²) < 4.78 is 5.26. The molecule has 1 fully saturated rings. The van der Waals surface area contributed by atoms with Gasteiger partial charge in [-0.2, -0.15) is 0 Å². The van der Waals surface area contributed by atoms with Gasteiger partial charge in [0.2, 0.25) is 0 Å². The number of amides is 1. The minimum atomic E-state index is -0.135. The van der Waals surface area contributed by atoms with Gasteiger partial charge in [-0.15, -0.1) is 0 Å². The Morgan fingerprint density at radius 3 is 2.54 bits per heavy atom. The lowest BCUT2D eigenvalue weighted by Crippen LogP contribution is -2.40. The van der Waals surface area contributed by atoms with Gasteiger partial charge in [-0.05, 0) is 55.8 Å². The highest BCUT2D eigenvalue weighted by molar-refractivity contribution is 6.29. The van der Waals surface area contributed by atoms with Gasteiger partial charge in [0.05, 0.1) is 18.7 Å². The van der Waals surface area contributed by atoms with Crippen molar-refractivity contribution in [1.82, 2.24) is 15.2 Å². The molecule has 1 atom stereocenters. The van der Waals surface area contributed by atoms with E-state index in [1.165, 1.54) is 31.0 Å². The Morgan fingerprint density at radius 2 is 1.92 bits per heavy atom. The van der Waals surface area contributed by atoms with Crippen molar-refractivity contribution in [2.24, 2.45) is 0 Å². The summed E-state index contributed by atoms with van der Waals surface area (Å²) in [4.78, 5) is 18.9. The van der Waals surface area contributed by atoms with E-state index in [2.05, 4.69) is 27.3 Å². The maximum atomic E-state index is 12.4. The van der Waals surface area contributed by atoms with E-state index in [0.717, 1.165) is 18.8 Å². The van der Waals surface area contributed by atoms with Crippen molar-refractivity contribution < 1.29 is 9.53 Å². The summed E-state index contributed by atoms with van der Waals surface area (Å²) in [6.45, 7) is 2.65. The molecule has 0 bridgehead atoms. The van der Waals surface area contributed by atoms with Gasteiger partial charge in [0.15, 0.2) is 0 Å². The summed E-state index contributed by atoms with van der Waals surface area (Å²) in [5, 5.41) is 3.43. The molecule has 2 aromatic rings. The number of carbonyl (C=O) groups is 1. The van der Waals surface area contributed by atoms with E-state index in [0.29, 0.717) is 17.3 Å². The molecule has 1 unspecified atom stereocenters. The lowest BCUT2D eigenvalue weighted by Gasteiger charge is -2.35. The Hall–Kier alpha value is -2.11. The molecular formula is C20H24ClN3O2. The van der Waals surface area contributed by atoms with Crippen molar-refractivity contribution in [3.05, 3.63) is 58.9 Å². The zero-order chi connectivity index (χ0) is 18.4. The van der Waals surface area contributed by atoms with Crippen LogP contribution in [0, 0.1) is 0 Å². The third-order valence-electron chi connectivity index (χ3n) is 4.78. The number of likely N-dealkylation sites (tertiary alicyclic amines) is 1. The molecule has 2 heterocycles. The summed E-state index contributed by atoms with van der Waals surface area (Å²) in [6, 6.07) is 11.6. The quantitative estimate of drug-likeness (QED) is 0.784. The van der Waals surface area contributed by atoms with Gasteiger partial charge in [-0.3, -0.25) is 9.69 Å². The average molecular weight is 374 g/mol. The Balaban J connectivity index is 1.72. The molecule has 0 radical (unpaired) electrons. The molecule has 0 saturated carbocycles. The van der Waals surface area contributed by atoms with Crippen LogP contribution in [0.25, 0.3) is 0 Å². The van der Waals surface area contributed by atoms with E-state index in [-0.39, 0.29) is 11.9 Å². The summed E-state index contributed by atoms with van der Waals surface area (Å²) in [5.41, 5.74) is 1.70. The largest absolute Gasteiger partial charge is 0.497 e. The number of halogens is 1. The van der Waals surface area contributed by atoms with Crippen molar-refractivity contribution in [1.29, 1.82) is 0 Å². The van der Waals surface area contributed by atoms with Crippen LogP contribution in [-0.2, 0) is 0 Å². The molecule has 1 N–H and O–H groups in total. The second kappa shape index (κ2) is 9.01. The molecule has 1 aliphatic rings. The second-order valence-electron chi connectivity index (χ2n) is 6.47. The highest BCUT2D eigenvalue weighted by atomic mass is 35.5. The van der Waals surface area contributed by atoms with E-state index in [1.807, 2.05) is 12.1 Å². The summed E-state index contributed by atoms with van der Waals surface area (Å²) >= 11 is 5.79. The van der Waals surface area contributed by atoms with E-state index >= 15 is 0 Å². The molecular weight excluding hydrogens is 350 g/mol. The third-order valence-corrected chi connectivity index (χ3v) is 5.00. The van der Waals surface area contributed by atoms with Gasteiger partial charge in [0.25, 0.3) is 5.91 Å². The fraction of sp³-hybridized carbons (Fsp3) is 0.400. The summed E-state index contributed by atoms with van der Waals surface area (Å²) in [5.74, 6) is 0.701. The number of hydrogen-bond acceptors (Lipinski definition) is 4. The SMILES string of the molecule is COc1ccc(C(CNC(=O)c2ccc(Cl)nc2)N2CCCCC2)cc1. The predicted octanol–water partition coefficient (Wildman–Crippen LogP) is 3.70. The molecule has 6 heteroatoms. The minimum Gasteiger partial charge on any atom is -0.497 e. The number of hydrogen-bond donors (Lipinski definition) is 1. The predicted molar refractivity (Wildman–Crippen MR) is 103 cm³/mol. The van der Waals surface area contributed by atoms with E-state index in [1.54, 1.807) is 19.2 Å². The summed E-state index contributed by atoms with van der Waals surface area (Å²) in [6.07, 6.45) is 5.17. The van der Waals surface area contributed by atoms with Crippen LogP contribution in [0.5, 0.6) is 5.75 Å². The first-order valence-electron chi connectivity index (χ1n) is 8.95. The van der Waals surface area contributed by atoms with Crippen molar-refractivity contribution in [2.75, 3.05) is 26.7 Å². The standard InChI is InChI=1S/C20H24ClN3O2/c1-26-17-8-5-15(6-9-17)18(24-11-3-2-4-12-24)14-23-20(25)16-7-10-19(21)22-13-16/h5-10,13,18H,2-4,11-12,14H2,1H3,(H,23,25). The Morgan fingerprint density at radius 1 is 1.19 bits per heavy atom. The maximum Gasteiger partial charge on any atom is 0.252 e. The third kappa shape index (κ3) is 4.74. The van der Waals surface area contributed by atoms with Gasteiger partial charge in [0.1, 0.15) is 10.9 Å². The molecule has 1 aromatic heterocycles. The van der Waals surface area contributed by atoms with Gasteiger partial charge in [-0.1, -0.05) is 30.2 Å². The number of methoxy groups -OCH3 is 1.